The van der Waals surface area contributed by atoms with Crippen LogP contribution in [-0.4, -0.2) is 50.7 Å². The van der Waals surface area contributed by atoms with Crippen molar-refractivity contribution in [3.05, 3.63) is 22.5 Å². The van der Waals surface area contributed by atoms with Crippen molar-refractivity contribution >= 4 is 46.0 Å². The van der Waals surface area contributed by atoms with Crippen LogP contribution in [0.2, 0.25) is 10.4 Å². The number of anilines is 1. The van der Waals surface area contributed by atoms with Crippen LogP contribution >= 0.6 is 23.2 Å². The molecule has 0 bridgehead atoms. The lowest BCUT2D eigenvalue weighted by Gasteiger charge is -2.48. The number of fused-ring (bicyclic) bond motifs is 1. The minimum absolute atomic E-state index is 0.00865. The van der Waals surface area contributed by atoms with Crippen molar-refractivity contribution in [2.75, 3.05) is 18.9 Å². The number of hydrogen-bond donors (Lipinski definition) is 1. The number of halogens is 3. The number of nitrogens with zero attached hydrogens (tertiary/aromatic N) is 4. The second kappa shape index (κ2) is 7.48. The molecule has 1 aliphatic carbocycles. The van der Waals surface area contributed by atoms with Crippen molar-refractivity contribution in [1.82, 2.24) is 19.9 Å². The summed E-state index contributed by atoms with van der Waals surface area (Å²) >= 11 is 11.7. The van der Waals surface area contributed by atoms with Gasteiger partial charge in [-0.1, -0.05) is 11.6 Å². The number of hydrogen-bond acceptors (Lipinski definition) is 6. The SMILES string of the molecule is CN(C(=O)OC(C)(C)C)C1(CNc2nc(Cl)nc3c(F)c(Cl)ncc23)CCC1. The van der Waals surface area contributed by atoms with E-state index >= 15 is 0 Å². The molecule has 0 spiro atoms. The largest absolute Gasteiger partial charge is 0.444 e. The van der Waals surface area contributed by atoms with Gasteiger partial charge in [0.25, 0.3) is 0 Å². The summed E-state index contributed by atoms with van der Waals surface area (Å²) in [5.74, 6) is -0.419. The number of carbonyl (C=O) groups excluding carboxylic acids is 1. The second-order valence-electron chi connectivity index (χ2n) is 7.94. The monoisotopic (exact) mass is 429 g/mol. The van der Waals surface area contributed by atoms with E-state index in [9.17, 15) is 9.18 Å². The average molecular weight is 430 g/mol. The highest BCUT2D eigenvalue weighted by Crippen LogP contribution is 2.38. The summed E-state index contributed by atoms with van der Waals surface area (Å²) in [6, 6.07) is 0. The minimum atomic E-state index is -0.754. The third-order valence-electron chi connectivity index (χ3n) is 4.86. The fourth-order valence-electron chi connectivity index (χ4n) is 3.13. The zero-order valence-corrected chi connectivity index (χ0v) is 17.7. The molecule has 2 heterocycles. The van der Waals surface area contributed by atoms with Gasteiger partial charge in [0.2, 0.25) is 5.28 Å². The molecule has 0 unspecified atom stereocenters. The lowest BCUT2D eigenvalue weighted by molar-refractivity contribution is -0.0116. The topological polar surface area (TPSA) is 80.2 Å². The van der Waals surface area contributed by atoms with Gasteiger partial charge in [0, 0.05) is 19.8 Å². The van der Waals surface area contributed by atoms with Crippen LogP contribution in [0.15, 0.2) is 6.20 Å². The number of likely N-dealkylation sites (N-methyl/N-ethyl adjacent to an activating group) is 1. The van der Waals surface area contributed by atoms with Gasteiger partial charge in [0.15, 0.2) is 11.0 Å². The van der Waals surface area contributed by atoms with Crippen LogP contribution in [0.25, 0.3) is 10.9 Å². The summed E-state index contributed by atoms with van der Waals surface area (Å²) in [6.07, 6.45) is 3.62. The van der Waals surface area contributed by atoms with Gasteiger partial charge in [-0.15, -0.1) is 0 Å². The van der Waals surface area contributed by atoms with Gasteiger partial charge in [-0.2, -0.15) is 0 Å². The standard InChI is InChI=1S/C18H22Cl2FN5O2/c1-17(2,3)28-16(27)26(4)18(6-5-7-18)9-23-14-10-8-22-13(19)11(21)12(10)24-15(20)25-14/h8H,5-7,9H2,1-4H3,(H,23,24,25). The molecule has 0 aromatic carbocycles. The molecule has 2 aromatic heterocycles. The molecule has 152 valence electrons. The molecule has 1 aliphatic rings. The van der Waals surface area contributed by atoms with Crippen molar-refractivity contribution < 1.29 is 13.9 Å². The maximum absolute atomic E-state index is 14.3. The first-order valence-corrected chi connectivity index (χ1v) is 9.66. The Balaban J connectivity index is 1.84. The van der Waals surface area contributed by atoms with Crippen LogP contribution in [0.1, 0.15) is 40.0 Å². The normalized spacial score (nSPS) is 15.8. The van der Waals surface area contributed by atoms with Gasteiger partial charge in [0.1, 0.15) is 16.9 Å². The van der Waals surface area contributed by atoms with Crippen molar-refractivity contribution in [3.8, 4) is 0 Å². The van der Waals surface area contributed by atoms with Gasteiger partial charge >= 0.3 is 6.09 Å². The number of aromatic nitrogens is 3. The van der Waals surface area contributed by atoms with Crippen LogP contribution in [0.4, 0.5) is 15.0 Å². The van der Waals surface area contributed by atoms with Gasteiger partial charge < -0.3 is 15.0 Å². The van der Waals surface area contributed by atoms with E-state index in [0.717, 1.165) is 19.3 Å². The minimum Gasteiger partial charge on any atom is -0.444 e. The lowest BCUT2D eigenvalue weighted by Crippen LogP contribution is -2.59. The molecule has 0 atom stereocenters. The predicted molar refractivity (Wildman–Crippen MR) is 106 cm³/mol. The van der Waals surface area contributed by atoms with Crippen LogP contribution in [0.5, 0.6) is 0 Å². The summed E-state index contributed by atoms with van der Waals surface area (Å²) in [6.45, 7) is 5.87. The van der Waals surface area contributed by atoms with Crippen LogP contribution < -0.4 is 5.32 Å². The summed E-state index contributed by atoms with van der Waals surface area (Å²) in [4.78, 5) is 26.0. The van der Waals surface area contributed by atoms with E-state index in [2.05, 4.69) is 20.3 Å². The molecule has 0 aliphatic heterocycles. The Labute approximate surface area is 172 Å². The number of rotatable bonds is 4. The fourth-order valence-corrected chi connectivity index (χ4v) is 3.44. The molecule has 2 aromatic rings. The van der Waals surface area contributed by atoms with E-state index in [0.29, 0.717) is 17.7 Å². The number of pyridine rings is 1. The lowest BCUT2D eigenvalue weighted by atomic mass is 9.75. The molecular formula is C18H22Cl2FN5O2. The molecule has 1 N–H and O–H groups in total. The third-order valence-corrected chi connectivity index (χ3v) is 5.29. The molecule has 3 rings (SSSR count). The van der Waals surface area contributed by atoms with Gasteiger partial charge in [-0.25, -0.2) is 24.1 Å². The van der Waals surface area contributed by atoms with E-state index in [1.165, 1.54) is 6.20 Å². The second-order valence-corrected chi connectivity index (χ2v) is 8.63. The average Bonchev–Trinajstić information content (AvgIpc) is 2.55. The Morgan fingerprint density at radius 2 is 2.04 bits per heavy atom. The Hall–Kier alpha value is -1.93. The number of nitrogens with one attached hydrogen (secondary N) is 1. The molecule has 28 heavy (non-hydrogen) atoms. The first-order valence-electron chi connectivity index (χ1n) is 8.90. The zero-order valence-electron chi connectivity index (χ0n) is 16.1. The van der Waals surface area contributed by atoms with Gasteiger partial charge in [-0.05, 0) is 51.6 Å². The maximum Gasteiger partial charge on any atom is 0.410 e. The maximum atomic E-state index is 14.3. The molecule has 1 saturated carbocycles. The molecule has 0 radical (unpaired) electrons. The Bertz CT molecular complexity index is 915. The first kappa shape index (κ1) is 20.8. The molecular weight excluding hydrogens is 408 g/mol. The summed E-state index contributed by atoms with van der Waals surface area (Å²) in [5.41, 5.74) is -1.02. The van der Waals surface area contributed by atoms with Crippen molar-refractivity contribution in [1.29, 1.82) is 0 Å². The molecule has 7 nitrogen and oxygen atoms in total. The van der Waals surface area contributed by atoms with Crippen LogP contribution in [0.3, 0.4) is 0 Å². The molecule has 1 amide bonds. The summed E-state index contributed by atoms with van der Waals surface area (Å²) in [5, 5.41) is 3.15. The smallest absolute Gasteiger partial charge is 0.410 e. The highest BCUT2D eigenvalue weighted by Gasteiger charge is 2.44. The van der Waals surface area contributed by atoms with E-state index < -0.39 is 17.0 Å². The number of carbonyl (C=O) groups is 1. The zero-order chi connectivity index (χ0) is 20.7. The molecule has 1 fully saturated rings. The number of amides is 1. The fraction of sp³-hybridized carbons (Fsp3) is 0.556. The van der Waals surface area contributed by atoms with Crippen molar-refractivity contribution in [2.24, 2.45) is 0 Å². The van der Waals surface area contributed by atoms with Crippen molar-refractivity contribution in [2.45, 2.75) is 51.2 Å². The highest BCUT2D eigenvalue weighted by molar-refractivity contribution is 6.30. The van der Waals surface area contributed by atoms with E-state index in [-0.39, 0.29) is 22.0 Å². The van der Waals surface area contributed by atoms with Crippen LogP contribution in [0, 0.1) is 5.82 Å². The quantitative estimate of drug-likeness (QED) is 0.561. The van der Waals surface area contributed by atoms with E-state index in [1.807, 2.05) is 20.8 Å². The van der Waals surface area contributed by atoms with Crippen molar-refractivity contribution in [3.63, 3.8) is 0 Å². The Kier molecular flexibility index (Phi) is 5.55. The van der Waals surface area contributed by atoms with Gasteiger partial charge in [0.05, 0.1) is 10.9 Å². The summed E-state index contributed by atoms with van der Waals surface area (Å²) < 4.78 is 19.8. The van der Waals surface area contributed by atoms with Gasteiger partial charge in [-0.3, -0.25) is 0 Å². The molecule has 10 heteroatoms. The van der Waals surface area contributed by atoms with E-state index in [1.54, 1.807) is 11.9 Å². The summed E-state index contributed by atoms with van der Waals surface area (Å²) in [7, 11) is 1.72. The molecule has 0 saturated heterocycles. The number of ether oxygens (including phenoxy) is 1. The predicted octanol–water partition coefficient (Wildman–Crippen LogP) is 4.67. The van der Waals surface area contributed by atoms with E-state index in [4.69, 9.17) is 27.9 Å². The Morgan fingerprint density at radius 3 is 2.61 bits per heavy atom. The first-order chi connectivity index (χ1) is 13.0. The third kappa shape index (κ3) is 4.07. The highest BCUT2D eigenvalue weighted by atomic mass is 35.5. The van der Waals surface area contributed by atoms with Crippen LogP contribution in [-0.2, 0) is 4.74 Å². The Morgan fingerprint density at radius 1 is 1.36 bits per heavy atom.